The first kappa shape index (κ1) is 15.6. The summed E-state index contributed by atoms with van der Waals surface area (Å²) in [4.78, 5) is 23.2. The van der Waals surface area contributed by atoms with E-state index in [9.17, 15) is 14.0 Å². The predicted molar refractivity (Wildman–Crippen MR) is 74.3 cm³/mol. The van der Waals surface area contributed by atoms with Crippen LogP contribution in [-0.2, 0) is 4.79 Å². The Labute approximate surface area is 119 Å². The topological polar surface area (TPSA) is 58.2 Å². The van der Waals surface area contributed by atoms with Gasteiger partial charge < -0.3 is 10.6 Å². The molecule has 0 fully saturated rings. The van der Waals surface area contributed by atoms with Gasteiger partial charge in [0.15, 0.2) is 0 Å². The van der Waals surface area contributed by atoms with Crippen LogP contribution in [0.15, 0.2) is 22.7 Å². The molecule has 2 N–H and O–H groups in total. The second-order valence-corrected chi connectivity index (χ2v) is 5.96. The van der Waals surface area contributed by atoms with Gasteiger partial charge in [-0.3, -0.25) is 9.59 Å². The zero-order chi connectivity index (χ0) is 14.6. The number of carbonyl (C=O) groups is 2. The van der Waals surface area contributed by atoms with Crippen LogP contribution >= 0.6 is 15.9 Å². The highest BCUT2D eigenvalue weighted by atomic mass is 79.9. The zero-order valence-electron chi connectivity index (χ0n) is 11.0. The molecule has 1 aromatic carbocycles. The molecule has 1 aromatic rings. The lowest BCUT2D eigenvalue weighted by Crippen LogP contribution is -2.45. The van der Waals surface area contributed by atoms with Gasteiger partial charge in [-0.2, -0.15) is 0 Å². The van der Waals surface area contributed by atoms with Gasteiger partial charge in [0.2, 0.25) is 5.91 Å². The monoisotopic (exact) mass is 330 g/mol. The van der Waals surface area contributed by atoms with E-state index >= 15 is 0 Å². The van der Waals surface area contributed by atoms with Crippen molar-refractivity contribution in [3.05, 3.63) is 34.1 Å². The van der Waals surface area contributed by atoms with Crippen LogP contribution in [0.1, 0.15) is 31.1 Å². The molecule has 1 rings (SSSR count). The fourth-order valence-corrected chi connectivity index (χ4v) is 1.61. The molecule has 0 unspecified atom stereocenters. The molecule has 2 amide bonds. The normalized spacial score (nSPS) is 11.0. The number of hydrogen-bond acceptors (Lipinski definition) is 2. The number of rotatable bonds is 3. The second-order valence-electron chi connectivity index (χ2n) is 5.11. The van der Waals surface area contributed by atoms with Gasteiger partial charge in [-0.25, -0.2) is 4.39 Å². The molecule has 0 aliphatic carbocycles. The molecule has 0 saturated carbocycles. The van der Waals surface area contributed by atoms with Crippen molar-refractivity contribution in [1.82, 2.24) is 10.6 Å². The van der Waals surface area contributed by atoms with Crippen molar-refractivity contribution in [2.24, 2.45) is 0 Å². The summed E-state index contributed by atoms with van der Waals surface area (Å²) in [6.45, 7) is 5.39. The van der Waals surface area contributed by atoms with Crippen LogP contribution in [0.5, 0.6) is 0 Å². The maximum atomic E-state index is 13.3. The Hall–Kier alpha value is -1.43. The Morgan fingerprint density at radius 3 is 2.47 bits per heavy atom. The zero-order valence-corrected chi connectivity index (χ0v) is 12.6. The van der Waals surface area contributed by atoms with Gasteiger partial charge in [0.25, 0.3) is 5.91 Å². The number of amides is 2. The molecule has 4 nitrogen and oxygen atoms in total. The van der Waals surface area contributed by atoms with Gasteiger partial charge in [0.05, 0.1) is 11.0 Å². The number of halogens is 2. The van der Waals surface area contributed by atoms with Crippen molar-refractivity contribution < 1.29 is 14.0 Å². The summed E-state index contributed by atoms with van der Waals surface area (Å²) in [6.07, 6.45) is 0. The molecule has 0 heterocycles. The summed E-state index contributed by atoms with van der Waals surface area (Å²) >= 11 is 3.00. The van der Waals surface area contributed by atoms with E-state index in [1.807, 2.05) is 20.8 Å². The van der Waals surface area contributed by atoms with Crippen LogP contribution in [0.25, 0.3) is 0 Å². The predicted octanol–water partition coefficient (Wildman–Crippen LogP) is 2.23. The third-order valence-corrected chi connectivity index (χ3v) is 2.75. The van der Waals surface area contributed by atoms with Crippen molar-refractivity contribution >= 4 is 27.7 Å². The minimum atomic E-state index is -0.521. The Kier molecular flexibility index (Phi) is 5.05. The minimum absolute atomic E-state index is 0.145. The molecule has 19 heavy (non-hydrogen) atoms. The summed E-state index contributed by atoms with van der Waals surface area (Å²) in [5.74, 6) is -1.30. The molecule has 0 bridgehead atoms. The van der Waals surface area contributed by atoms with Gasteiger partial charge in [0, 0.05) is 11.1 Å². The second kappa shape index (κ2) is 6.14. The lowest BCUT2D eigenvalue weighted by Gasteiger charge is -2.20. The van der Waals surface area contributed by atoms with Crippen LogP contribution in [0.4, 0.5) is 4.39 Å². The Morgan fingerprint density at radius 1 is 1.32 bits per heavy atom. The third kappa shape index (κ3) is 5.38. The fraction of sp³-hybridized carbons (Fsp3) is 0.385. The van der Waals surface area contributed by atoms with Crippen LogP contribution in [0.3, 0.4) is 0 Å². The Bertz CT molecular complexity index is 498. The van der Waals surface area contributed by atoms with E-state index in [1.54, 1.807) is 0 Å². The molecule has 0 aromatic heterocycles. The molecule has 0 spiro atoms. The SMILES string of the molecule is CC(C)(C)NC(=O)CNC(=O)c1ccc(Br)c(F)c1. The molecule has 104 valence electrons. The average molecular weight is 331 g/mol. The van der Waals surface area contributed by atoms with Crippen LogP contribution in [-0.4, -0.2) is 23.9 Å². The van der Waals surface area contributed by atoms with Gasteiger partial charge in [0.1, 0.15) is 5.82 Å². The van der Waals surface area contributed by atoms with E-state index in [4.69, 9.17) is 0 Å². The first-order valence-corrected chi connectivity index (χ1v) is 6.52. The van der Waals surface area contributed by atoms with E-state index in [0.29, 0.717) is 0 Å². The largest absolute Gasteiger partial charge is 0.350 e. The lowest BCUT2D eigenvalue weighted by atomic mass is 10.1. The van der Waals surface area contributed by atoms with E-state index in [0.717, 1.165) is 6.07 Å². The standard InChI is InChI=1S/C13H16BrFN2O2/c1-13(2,3)17-11(18)7-16-12(19)8-4-5-9(14)10(15)6-8/h4-6H,7H2,1-3H3,(H,16,19)(H,17,18). The minimum Gasteiger partial charge on any atom is -0.350 e. The van der Waals surface area contributed by atoms with E-state index in [-0.39, 0.29) is 28.0 Å². The van der Waals surface area contributed by atoms with Crippen molar-refractivity contribution in [2.45, 2.75) is 26.3 Å². The number of benzene rings is 1. The number of hydrogen-bond donors (Lipinski definition) is 2. The molecule has 0 radical (unpaired) electrons. The smallest absolute Gasteiger partial charge is 0.251 e. The highest BCUT2D eigenvalue weighted by molar-refractivity contribution is 9.10. The summed E-state index contributed by atoms with van der Waals surface area (Å²) in [5, 5.41) is 5.15. The summed E-state index contributed by atoms with van der Waals surface area (Å²) in [5.41, 5.74) is -0.185. The molecule has 0 saturated heterocycles. The van der Waals surface area contributed by atoms with Crippen molar-refractivity contribution in [2.75, 3.05) is 6.54 Å². The van der Waals surface area contributed by atoms with Crippen LogP contribution < -0.4 is 10.6 Å². The highest BCUT2D eigenvalue weighted by Gasteiger charge is 2.15. The van der Waals surface area contributed by atoms with Crippen molar-refractivity contribution in [1.29, 1.82) is 0 Å². The van der Waals surface area contributed by atoms with Crippen molar-refractivity contribution in [3.63, 3.8) is 0 Å². The maximum Gasteiger partial charge on any atom is 0.251 e. The molecular weight excluding hydrogens is 315 g/mol. The summed E-state index contributed by atoms with van der Waals surface area (Å²) in [6, 6.07) is 4.03. The number of nitrogens with one attached hydrogen (secondary N) is 2. The third-order valence-electron chi connectivity index (χ3n) is 2.11. The molecule has 0 aliphatic rings. The van der Waals surface area contributed by atoms with E-state index in [2.05, 4.69) is 26.6 Å². The first-order valence-electron chi connectivity index (χ1n) is 5.73. The van der Waals surface area contributed by atoms with Crippen LogP contribution in [0.2, 0.25) is 0 Å². The van der Waals surface area contributed by atoms with Gasteiger partial charge in [-0.15, -0.1) is 0 Å². The number of carbonyl (C=O) groups excluding carboxylic acids is 2. The van der Waals surface area contributed by atoms with Crippen LogP contribution in [0, 0.1) is 5.82 Å². The Balaban J connectivity index is 2.56. The molecule has 0 atom stereocenters. The first-order chi connectivity index (χ1) is 8.69. The van der Waals surface area contributed by atoms with Gasteiger partial charge >= 0.3 is 0 Å². The summed E-state index contributed by atoms with van der Waals surface area (Å²) in [7, 11) is 0. The maximum absolute atomic E-state index is 13.3. The Morgan fingerprint density at radius 2 is 1.95 bits per heavy atom. The van der Waals surface area contributed by atoms with E-state index in [1.165, 1.54) is 12.1 Å². The molecule has 0 aliphatic heterocycles. The molecule has 6 heteroatoms. The summed E-state index contributed by atoms with van der Waals surface area (Å²) < 4.78 is 13.5. The fourth-order valence-electron chi connectivity index (χ4n) is 1.36. The van der Waals surface area contributed by atoms with Gasteiger partial charge in [-0.05, 0) is 54.9 Å². The lowest BCUT2D eigenvalue weighted by molar-refractivity contribution is -0.121. The quantitative estimate of drug-likeness (QED) is 0.892. The molecular formula is C13H16BrFN2O2. The van der Waals surface area contributed by atoms with E-state index < -0.39 is 11.7 Å². The van der Waals surface area contributed by atoms with Crippen molar-refractivity contribution in [3.8, 4) is 0 Å². The highest BCUT2D eigenvalue weighted by Crippen LogP contribution is 2.16. The van der Waals surface area contributed by atoms with Gasteiger partial charge in [-0.1, -0.05) is 0 Å². The average Bonchev–Trinajstić information content (AvgIpc) is 2.27.